The van der Waals surface area contributed by atoms with Crippen LogP contribution in [0.15, 0.2) is 12.3 Å². The average Bonchev–Trinajstić information content (AvgIpc) is 2.19. The summed E-state index contributed by atoms with van der Waals surface area (Å²) in [6.07, 6.45) is 17.2. The molecule has 0 aromatic heterocycles. The maximum Gasteiger partial charge on any atom is 0.0911 e. The lowest BCUT2D eigenvalue weighted by Crippen LogP contribution is -3.00. The van der Waals surface area contributed by atoms with Crippen molar-refractivity contribution in [1.29, 1.82) is 0 Å². The Kier molecular flexibility index (Phi) is 14.5. The van der Waals surface area contributed by atoms with Gasteiger partial charge in [0.1, 0.15) is 0 Å². The third-order valence-electron chi connectivity index (χ3n) is 2.78. The molecule has 0 saturated heterocycles. The van der Waals surface area contributed by atoms with E-state index in [4.69, 9.17) is 0 Å². The van der Waals surface area contributed by atoms with E-state index >= 15 is 0 Å². The summed E-state index contributed by atoms with van der Waals surface area (Å²) < 4.78 is 0.941. The fraction of sp³-hybridized carbons (Fsp3) is 0.867. The van der Waals surface area contributed by atoms with Crippen LogP contribution >= 0.6 is 0 Å². The first-order valence-electron chi connectivity index (χ1n) is 7.05. The molecule has 0 unspecified atom stereocenters. The summed E-state index contributed by atoms with van der Waals surface area (Å²) >= 11 is 0. The van der Waals surface area contributed by atoms with Crippen LogP contribution in [0.25, 0.3) is 0 Å². The number of unbranched alkanes of at least 4 members (excludes halogenated alkanes) is 8. The smallest absolute Gasteiger partial charge is 0.0911 e. The van der Waals surface area contributed by atoms with E-state index in [0.29, 0.717) is 0 Å². The molecule has 0 saturated carbocycles. The van der Waals surface area contributed by atoms with Crippen LogP contribution in [0.4, 0.5) is 0 Å². The first-order valence-corrected chi connectivity index (χ1v) is 7.05. The van der Waals surface area contributed by atoms with Crippen LogP contribution in [-0.2, 0) is 0 Å². The zero-order valence-electron chi connectivity index (χ0n) is 12.3. The van der Waals surface area contributed by atoms with E-state index in [-0.39, 0.29) is 17.0 Å². The fourth-order valence-electron chi connectivity index (χ4n) is 1.79. The molecule has 0 aromatic rings. The third kappa shape index (κ3) is 18.7. The number of nitrogens with zero attached hydrogens (tertiary/aromatic N) is 1. The van der Waals surface area contributed by atoms with Crippen molar-refractivity contribution >= 4 is 0 Å². The Morgan fingerprint density at radius 2 is 1.24 bits per heavy atom. The van der Waals surface area contributed by atoms with Gasteiger partial charge in [-0.25, -0.2) is 0 Å². The molecule has 0 aliphatic carbocycles. The van der Waals surface area contributed by atoms with Crippen molar-refractivity contribution < 1.29 is 21.5 Å². The Balaban J connectivity index is 0. The topological polar surface area (TPSA) is 0 Å². The van der Waals surface area contributed by atoms with Gasteiger partial charge in [0, 0.05) is 0 Å². The lowest BCUT2D eigenvalue weighted by Gasteiger charge is -2.17. The molecule has 0 atom stereocenters. The highest BCUT2D eigenvalue weighted by Gasteiger charge is 1.98. The van der Waals surface area contributed by atoms with Crippen LogP contribution in [0, 0.1) is 0 Å². The molecule has 2 heteroatoms. The normalized spacial score (nSPS) is 11.8. The Morgan fingerprint density at radius 1 is 0.765 bits per heavy atom. The summed E-state index contributed by atoms with van der Waals surface area (Å²) in [6, 6.07) is 0. The molecule has 1 nitrogen and oxygen atoms in total. The number of rotatable bonds is 10. The van der Waals surface area contributed by atoms with Gasteiger partial charge in [-0.1, -0.05) is 51.9 Å². The number of hydrogen-bond donors (Lipinski definition) is 0. The van der Waals surface area contributed by atoms with Crippen LogP contribution in [0.5, 0.6) is 0 Å². The molecule has 0 spiro atoms. The van der Waals surface area contributed by atoms with Gasteiger partial charge in [0.2, 0.25) is 0 Å². The Morgan fingerprint density at radius 3 is 1.71 bits per heavy atom. The molecule has 104 valence electrons. The predicted octanol–water partition coefficient (Wildman–Crippen LogP) is 1.74. The van der Waals surface area contributed by atoms with E-state index < -0.39 is 0 Å². The number of hydrogen-bond acceptors (Lipinski definition) is 0. The van der Waals surface area contributed by atoms with E-state index in [0.717, 1.165) is 4.48 Å². The molecule has 0 rings (SSSR count). The molecule has 0 aromatic carbocycles. The van der Waals surface area contributed by atoms with Crippen LogP contribution in [0.3, 0.4) is 0 Å². The van der Waals surface area contributed by atoms with Crippen molar-refractivity contribution in [2.75, 3.05) is 21.1 Å². The number of allylic oxidation sites excluding steroid dienone is 1. The molecule has 0 aliphatic rings. The molecule has 0 amide bonds. The van der Waals surface area contributed by atoms with Gasteiger partial charge < -0.3 is 21.5 Å². The zero-order chi connectivity index (χ0) is 12.3. The Hall–Kier alpha value is 0.180. The van der Waals surface area contributed by atoms with E-state index in [2.05, 4.69) is 40.3 Å². The maximum atomic E-state index is 2.33. The van der Waals surface area contributed by atoms with Crippen molar-refractivity contribution in [3.8, 4) is 0 Å². The lowest BCUT2D eigenvalue weighted by atomic mass is 10.1. The van der Waals surface area contributed by atoms with Crippen molar-refractivity contribution in [3.05, 3.63) is 12.3 Å². The first kappa shape index (κ1) is 19.5. The van der Waals surface area contributed by atoms with Crippen molar-refractivity contribution in [3.63, 3.8) is 0 Å². The summed E-state index contributed by atoms with van der Waals surface area (Å²) in [5, 5.41) is 0. The van der Waals surface area contributed by atoms with Crippen molar-refractivity contribution in [2.45, 2.75) is 64.7 Å². The molecule has 0 aliphatic heterocycles. The summed E-state index contributed by atoms with van der Waals surface area (Å²) in [5.74, 6) is 0. The van der Waals surface area contributed by atoms with E-state index in [1.54, 1.807) is 0 Å². The standard InChI is InChI=1S/C15H32N.BrH/c1-5-6-7-8-9-10-11-12-13-14-15-16(2,3)4;/h14-15H,5-13H2,1-4H3;1H/q+1;/p-1. The molecule has 0 radical (unpaired) electrons. The minimum atomic E-state index is 0. The van der Waals surface area contributed by atoms with Gasteiger partial charge >= 0.3 is 0 Å². The molecule has 0 heterocycles. The highest BCUT2D eigenvalue weighted by molar-refractivity contribution is 4.72. The minimum Gasteiger partial charge on any atom is -1.00 e. The maximum absolute atomic E-state index is 2.33. The summed E-state index contributed by atoms with van der Waals surface area (Å²) in [6.45, 7) is 2.28. The van der Waals surface area contributed by atoms with Gasteiger partial charge in [-0.15, -0.1) is 0 Å². The summed E-state index contributed by atoms with van der Waals surface area (Å²) in [5.41, 5.74) is 0. The summed E-state index contributed by atoms with van der Waals surface area (Å²) in [7, 11) is 6.60. The largest absolute Gasteiger partial charge is 1.00 e. The minimum absolute atomic E-state index is 0. The summed E-state index contributed by atoms with van der Waals surface area (Å²) in [4.78, 5) is 0. The third-order valence-corrected chi connectivity index (χ3v) is 2.78. The van der Waals surface area contributed by atoms with Gasteiger partial charge in [0.15, 0.2) is 0 Å². The van der Waals surface area contributed by atoms with E-state index in [1.807, 2.05) is 0 Å². The zero-order valence-corrected chi connectivity index (χ0v) is 13.9. The molecular formula is C15H32BrN. The van der Waals surface area contributed by atoms with E-state index in [9.17, 15) is 0 Å². The fourth-order valence-corrected chi connectivity index (χ4v) is 1.79. The molecule has 0 N–H and O–H groups in total. The van der Waals surface area contributed by atoms with Crippen LogP contribution < -0.4 is 17.0 Å². The highest BCUT2D eigenvalue weighted by atomic mass is 79.9. The molecular weight excluding hydrogens is 274 g/mol. The highest BCUT2D eigenvalue weighted by Crippen LogP contribution is 2.09. The monoisotopic (exact) mass is 305 g/mol. The molecule has 17 heavy (non-hydrogen) atoms. The predicted molar refractivity (Wildman–Crippen MR) is 74.4 cm³/mol. The first-order chi connectivity index (χ1) is 7.56. The van der Waals surface area contributed by atoms with Crippen LogP contribution in [0.1, 0.15) is 64.7 Å². The quantitative estimate of drug-likeness (QED) is 0.426. The van der Waals surface area contributed by atoms with Crippen LogP contribution in [0.2, 0.25) is 0 Å². The second-order valence-corrected chi connectivity index (χ2v) is 5.76. The molecule has 0 fully saturated rings. The van der Waals surface area contributed by atoms with E-state index in [1.165, 1.54) is 57.8 Å². The SMILES string of the molecule is CCCCCCCCCCC=C[N+](C)(C)C.[Br-]. The van der Waals surface area contributed by atoms with Gasteiger partial charge in [0.05, 0.1) is 27.3 Å². The second-order valence-electron chi connectivity index (χ2n) is 5.76. The van der Waals surface area contributed by atoms with Gasteiger partial charge in [0.25, 0.3) is 0 Å². The van der Waals surface area contributed by atoms with Gasteiger partial charge in [-0.05, 0) is 18.9 Å². The Labute approximate surface area is 120 Å². The number of quaternary nitrogens is 1. The average molecular weight is 306 g/mol. The van der Waals surface area contributed by atoms with Crippen LogP contribution in [-0.4, -0.2) is 25.6 Å². The second kappa shape index (κ2) is 12.6. The van der Waals surface area contributed by atoms with Gasteiger partial charge in [-0.3, -0.25) is 0 Å². The number of halogens is 1. The lowest BCUT2D eigenvalue weighted by molar-refractivity contribution is -0.817. The van der Waals surface area contributed by atoms with Crippen molar-refractivity contribution in [2.24, 2.45) is 0 Å². The van der Waals surface area contributed by atoms with Gasteiger partial charge in [-0.2, -0.15) is 0 Å². The Bertz CT molecular complexity index is 170. The molecule has 0 bridgehead atoms. The van der Waals surface area contributed by atoms with Crippen molar-refractivity contribution in [1.82, 2.24) is 0 Å².